The first kappa shape index (κ1) is 9.40. The van der Waals surface area contributed by atoms with Gasteiger partial charge in [0.15, 0.2) is 0 Å². The van der Waals surface area contributed by atoms with Crippen molar-refractivity contribution in [3.63, 3.8) is 0 Å². The van der Waals surface area contributed by atoms with E-state index in [1.807, 2.05) is 6.07 Å². The molecule has 1 aliphatic heterocycles. The van der Waals surface area contributed by atoms with E-state index < -0.39 is 0 Å². The molecular formula is C10H16N4. The molecule has 1 aromatic rings. The van der Waals surface area contributed by atoms with Crippen LogP contribution in [0.5, 0.6) is 0 Å². The molecule has 1 aliphatic rings. The number of nitrogens with one attached hydrogen (secondary N) is 1. The fourth-order valence-electron chi connectivity index (χ4n) is 1.88. The molecule has 1 aromatic heterocycles. The first-order chi connectivity index (χ1) is 6.84. The Kier molecular flexibility index (Phi) is 2.93. The number of hydrogen-bond donors (Lipinski definition) is 2. The highest BCUT2D eigenvalue weighted by Gasteiger charge is 2.13. The summed E-state index contributed by atoms with van der Waals surface area (Å²) in [7, 11) is 0. The molecule has 4 nitrogen and oxygen atoms in total. The van der Waals surface area contributed by atoms with Gasteiger partial charge in [0.2, 0.25) is 5.95 Å². The van der Waals surface area contributed by atoms with Crippen LogP contribution in [0.15, 0.2) is 12.3 Å². The van der Waals surface area contributed by atoms with E-state index in [2.05, 4.69) is 15.3 Å². The minimum atomic E-state index is 0.377. The third kappa shape index (κ3) is 2.42. The number of rotatable bonds is 3. The number of nitrogens with two attached hydrogens (primary N) is 1. The smallest absolute Gasteiger partial charge is 0.220 e. The first-order valence-electron chi connectivity index (χ1n) is 5.15. The fraction of sp³-hybridized carbons (Fsp3) is 0.600. The Bertz CT molecular complexity index is 294. The summed E-state index contributed by atoms with van der Waals surface area (Å²) in [5, 5.41) is 3.47. The lowest BCUT2D eigenvalue weighted by atomic mass is 10.1. The number of anilines is 1. The van der Waals surface area contributed by atoms with Crippen LogP contribution in [0.3, 0.4) is 0 Å². The SMILES string of the molecule is Nc1nccc(CCC2CCCN2)n1. The average Bonchev–Trinajstić information content (AvgIpc) is 2.67. The van der Waals surface area contributed by atoms with E-state index in [0.29, 0.717) is 12.0 Å². The quantitative estimate of drug-likeness (QED) is 0.741. The van der Waals surface area contributed by atoms with Crippen LogP contribution in [-0.4, -0.2) is 22.6 Å². The molecule has 0 saturated carbocycles. The molecular weight excluding hydrogens is 176 g/mol. The van der Waals surface area contributed by atoms with Crippen LogP contribution < -0.4 is 11.1 Å². The van der Waals surface area contributed by atoms with Gasteiger partial charge in [-0.15, -0.1) is 0 Å². The number of aryl methyl sites for hydroxylation is 1. The van der Waals surface area contributed by atoms with Crippen molar-refractivity contribution < 1.29 is 0 Å². The van der Waals surface area contributed by atoms with Gasteiger partial charge >= 0.3 is 0 Å². The second-order valence-electron chi connectivity index (χ2n) is 3.74. The molecule has 0 aromatic carbocycles. The highest BCUT2D eigenvalue weighted by molar-refractivity contribution is 5.17. The molecule has 1 fully saturated rings. The predicted molar refractivity (Wildman–Crippen MR) is 55.8 cm³/mol. The summed E-state index contributed by atoms with van der Waals surface area (Å²) >= 11 is 0. The van der Waals surface area contributed by atoms with Crippen molar-refractivity contribution >= 4 is 5.95 Å². The second kappa shape index (κ2) is 4.37. The molecule has 0 spiro atoms. The van der Waals surface area contributed by atoms with Crippen molar-refractivity contribution in [2.75, 3.05) is 12.3 Å². The van der Waals surface area contributed by atoms with E-state index in [4.69, 9.17) is 5.73 Å². The number of nitrogen functional groups attached to an aromatic ring is 1. The minimum Gasteiger partial charge on any atom is -0.368 e. The average molecular weight is 192 g/mol. The minimum absolute atomic E-state index is 0.377. The van der Waals surface area contributed by atoms with Gasteiger partial charge in [-0.2, -0.15) is 0 Å². The van der Waals surface area contributed by atoms with Crippen molar-refractivity contribution in [2.45, 2.75) is 31.7 Å². The normalized spacial score (nSPS) is 21.3. The van der Waals surface area contributed by atoms with Crippen molar-refractivity contribution in [3.05, 3.63) is 18.0 Å². The summed E-state index contributed by atoms with van der Waals surface area (Å²) < 4.78 is 0. The van der Waals surface area contributed by atoms with Gasteiger partial charge in [-0.25, -0.2) is 9.97 Å². The van der Waals surface area contributed by atoms with Gasteiger partial charge in [-0.05, 0) is 38.3 Å². The largest absolute Gasteiger partial charge is 0.368 e. The Morgan fingerprint density at radius 2 is 2.50 bits per heavy atom. The van der Waals surface area contributed by atoms with Gasteiger partial charge < -0.3 is 11.1 Å². The highest BCUT2D eigenvalue weighted by atomic mass is 15.0. The number of aromatic nitrogens is 2. The van der Waals surface area contributed by atoms with Crippen molar-refractivity contribution in [1.29, 1.82) is 0 Å². The molecule has 3 N–H and O–H groups in total. The van der Waals surface area contributed by atoms with Crippen molar-refractivity contribution in [3.8, 4) is 0 Å². The van der Waals surface area contributed by atoms with Crippen LogP contribution in [0.25, 0.3) is 0 Å². The standard InChI is InChI=1S/C10H16N4/c11-10-13-7-5-9(14-10)4-3-8-2-1-6-12-8/h5,7-8,12H,1-4,6H2,(H2,11,13,14). The van der Waals surface area contributed by atoms with Crippen molar-refractivity contribution in [2.24, 2.45) is 0 Å². The summed E-state index contributed by atoms with van der Waals surface area (Å²) in [6.07, 6.45) is 6.46. The zero-order valence-corrected chi connectivity index (χ0v) is 8.24. The molecule has 4 heteroatoms. The number of nitrogens with zero attached hydrogens (tertiary/aromatic N) is 2. The van der Waals surface area contributed by atoms with E-state index >= 15 is 0 Å². The molecule has 0 amide bonds. The van der Waals surface area contributed by atoms with E-state index in [1.165, 1.54) is 12.8 Å². The van der Waals surface area contributed by atoms with Gasteiger partial charge in [-0.3, -0.25) is 0 Å². The lowest BCUT2D eigenvalue weighted by Gasteiger charge is -2.08. The molecule has 1 saturated heterocycles. The van der Waals surface area contributed by atoms with Crippen LogP contribution in [-0.2, 0) is 6.42 Å². The topological polar surface area (TPSA) is 63.8 Å². The Balaban J connectivity index is 1.85. The van der Waals surface area contributed by atoms with E-state index in [-0.39, 0.29) is 0 Å². The van der Waals surface area contributed by atoms with Crippen LogP contribution in [0, 0.1) is 0 Å². The maximum Gasteiger partial charge on any atom is 0.220 e. The monoisotopic (exact) mass is 192 g/mol. The molecule has 2 rings (SSSR count). The first-order valence-corrected chi connectivity index (χ1v) is 5.15. The van der Waals surface area contributed by atoms with Crippen LogP contribution in [0.2, 0.25) is 0 Å². The van der Waals surface area contributed by atoms with E-state index in [0.717, 1.165) is 25.1 Å². The van der Waals surface area contributed by atoms with Crippen LogP contribution in [0.1, 0.15) is 25.0 Å². The lowest BCUT2D eigenvalue weighted by Crippen LogP contribution is -2.21. The maximum atomic E-state index is 5.50. The molecule has 0 aliphatic carbocycles. The maximum absolute atomic E-state index is 5.50. The summed E-state index contributed by atoms with van der Waals surface area (Å²) in [4.78, 5) is 8.04. The molecule has 0 bridgehead atoms. The van der Waals surface area contributed by atoms with Gasteiger partial charge in [-0.1, -0.05) is 0 Å². The van der Waals surface area contributed by atoms with Crippen LogP contribution in [0.4, 0.5) is 5.95 Å². The third-order valence-electron chi connectivity index (χ3n) is 2.64. The fourth-order valence-corrected chi connectivity index (χ4v) is 1.88. The zero-order chi connectivity index (χ0) is 9.80. The zero-order valence-electron chi connectivity index (χ0n) is 8.24. The number of hydrogen-bond acceptors (Lipinski definition) is 4. The van der Waals surface area contributed by atoms with Gasteiger partial charge in [0.05, 0.1) is 0 Å². The van der Waals surface area contributed by atoms with E-state index in [9.17, 15) is 0 Å². The predicted octanol–water partition coefficient (Wildman–Crippen LogP) is 0.743. The molecule has 1 unspecified atom stereocenters. The van der Waals surface area contributed by atoms with Gasteiger partial charge in [0.25, 0.3) is 0 Å². The summed E-state index contributed by atoms with van der Waals surface area (Å²) in [6.45, 7) is 1.16. The Morgan fingerprint density at radius 3 is 3.21 bits per heavy atom. The molecule has 0 radical (unpaired) electrons. The molecule has 1 atom stereocenters. The molecule has 76 valence electrons. The van der Waals surface area contributed by atoms with Crippen molar-refractivity contribution in [1.82, 2.24) is 15.3 Å². The summed E-state index contributed by atoms with van der Waals surface area (Å²) in [6, 6.07) is 2.61. The Hall–Kier alpha value is -1.16. The Labute approximate surface area is 83.9 Å². The summed E-state index contributed by atoms with van der Waals surface area (Å²) in [5.74, 6) is 0.377. The summed E-state index contributed by atoms with van der Waals surface area (Å²) in [5.41, 5.74) is 6.55. The second-order valence-corrected chi connectivity index (χ2v) is 3.74. The lowest BCUT2D eigenvalue weighted by molar-refractivity contribution is 0.555. The Morgan fingerprint density at radius 1 is 1.57 bits per heavy atom. The van der Waals surface area contributed by atoms with Gasteiger partial charge in [0.1, 0.15) is 0 Å². The van der Waals surface area contributed by atoms with Gasteiger partial charge in [0, 0.05) is 17.9 Å². The van der Waals surface area contributed by atoms with E-state index in [1.54, 1.807) is 6.20 Å². The highest BCUT2D eigenvalue weighted by Crippen LogP contribution is 2.11. The third-order valence-corrected chi connectivity index (χ3v) is 2.64. The molecule has 14 heavy (non-hydrogen) atoms. The van der Waals surface area contributed by atoms with Crippen LogP contribution >= 0.6 is 0 Å². The molecule has 2 heterocycles.